The van der Waals surface area contributed by atoms with Gasteiger partial charge >= 0.3 is 12.1 Å². The number of benzene rings is 2. The number of carbonyl (C=O) groups excluding carboxylic acids is 1. The van der Waals surface area contributed by atoms with Gasteiger partial charge in [0.2, 0.25) is 0 Å². The Morgan fingerprint density at radius 2 is 1.35 bits per heavy atom. The fourth-order valence-corrected chi connectivity index (χ4v) is 2.06. The second-order valence-electron chi connectivity index (χ2n) is 5.93. The average Bonchev–Trinajstić information content (AvgIpc) is 2.56. The van der Waals surface area contributed by atoms with E-state index in [2.05, 4.69) is 0 Å². The number of carbonyl (C=O) groups is 1. The van der Waals surface area contributed by atoms with Gasteiger partial charge < -0.3 is 14.2 Å². The summed E-state index contributed by atoms with van der Waals surface area (Å²) in [5.41, 5.74) is -1.89. The lowest BCUT2D eigenvalue weighted by atomic mass is 10.1. The van der Waals surface area contributed by atoms with Gasteiger partial charge in [-0.2, -0.15) is 13.2 Å². The zero-order valence-electron chi connectivity index (χ0n) is 14.6. The first-order valence-electron chi connectivity index (χ1n) is 7.93. The molecule has 0 radical (unpaired) electrons. The van der Waals surface area contributed by atoms with Crippen LogP contribution < -0.4 is 9.47 Å². The number of halogens is 3. The minimum atomic E-state index is -4.39. The molecule has 0 unspecified atom stereocenters. The molecule has 0 aliphatic carbocycles. The molecule has 0 N–H and O–H groups in total. The normalized spacial score (nSPS) is 11.8. The third-order valence-electron chi connectivity index (χ3n) is 3.38. The highest BCUT2D eigenvalue weighted by molar-refractivity contribution is 5.79. The quantitative estimate of drug-likeness (QED) is 0.656. The highest BCUT2D eigenvalue weighted by Crippen LogP contribution is 2.32. The number of alkyl halides is 3. The van der Waals surface area contributed by atoms with Gasteiger partial charge in [0.15, 0.2) is 5.60 Å². The van der Waals surface area contributed by atoms with E-state index in [-0.39, 0.29) is 12.4 Å². The summed E-state index contributed by atoms with van der Waals surface area (Å²) in [4.78, 5) is 11.8. The summed E-state index contributed by atoms with van der Waals surface area (Å²) in [6, 6.07) is 10.8. The molecule has 0 saturated heterocycles. The smallest absolute Gasteiger partial charge is 0.416 e. The molecule has 0 aromatic heterocycles. The molecule has 2 rings (SSSR count). The van der Waals surface area contributed by atoms with Crippen molar-refractivity contribution in [3.8, 4) is 17.2 Å². The summed E-state index contributed by atoms with van der Waals surface area (Å²) in [5, 5.41) is 0. The Morgan fingerprint density at radius 1 is 0.885 bits per heavy atom. The van der Waals surface area contributed by atoms with E-state index < -0.39 is 23.3 Å². The van der Waals surface area contributed by atoms with Crippen LogP contribution in [0.2, 0.25) is 0 Å². The van der Waals surface area contributed by atoms with Crippen LogP contribution in [0, 0.1) is 0 Å². The van der Waals surface area contributed by atoms with E-state index in [4.69, 9.17) is 14.2 Å². The maximum absolute atomic E-state index is 12.5. The van der Waals surface area contributed by atoms with Crippen LogP contribution in [0.25, 0.3) is 0 Å². The van der Waals surface area contributed by atoms with Gasteiger partial charge in [0.1, 0.15) is 17.2 Å². The van der Waals surface area contributed by atoms with Crippen molar-refractivity contribution in [2.75, 3.05) is 6.61 Å². The van der Waals surface area contributed by atoms with Crippen LogP contribution in [0.5, 0.6) is 17.2 Å². The molecule has 0 aliphatic rings. The first kappa shape index (κ1) is 19.6. The van der Waals surface area contributed by atoms with Gasteiger partial charge in [-0.25, -0.2) is 4.79 Å². The van der Waals surface area contributed by atoms with Crippen molar-refractivity contribution in [1.29, 1.82) is 0 Å². The van der Waals surface area contributed by atoms with Crippen molar-refractivity contribution < 1.29 is 32.2 Å². The van der Waals surface area contributed by atoms with Gasteiger partial charge in [-0.05, 0) is 69.3 Å². The third kappa shape index (κ3) is 5.15. The molecule has 0 bridgehead atoms. The van der Waals surface area contributed by atoms with Crippen LogP contribution in [0.3, 0.4) is 0 Å². The summed E-state index contributed by atoms with van der Waals surface area (Å²) in [6.45, 7) is 5.15. The second kappa shape index (κ2) is 7.68. The first-order chi connectivity index (χ1) is 12.1. The van der Waals surface area contributed by atoms with Crippen molar-refractivity contribution >= 4 is 5.97 Å². The first-order valence-corrected chi connectivity index (χ1v) is 7.93. The van der Waals surface area contributed by atoms with Crippen LogP contribution in [-0.4, -0.2) is 18.2 Å². The fourth-order valence-electron chi connectivity index (χ4n) is 2.06. The van der Waals surface area contributed by atoms with Crippen LogP contribution in [0.15, 0.2) is 48.5 Å². The van der Waals surface area contributed by atoms with Gasteiger partial charge in [0, 0.05) is 0 Å². The van der Waals surface area contributed by atoms with Crippen molar-refractivity contribution in [3.05, 3.63) is 54.1 Å². The molecule has 2 aromatic rings. The zero-order chi connectivity index (χ0) is 19.4. The monoisotopic (exact) mass is 368 g/mol. The van der Waals surface area contributed by atoms with Crippen molar-refractivity contribution in [3.63, 3.8) is 0 Å². The molecule has 0 spiro atoms. The molecule has 0 heterocycles. The molecule has 4 nitrogen and oxygen atoms in total. The van der Waals surface area contributed by atoms with Gasteiger partial charge in [0.25, 0.3) is 0 Å². The predicted molar refractivity (Wildman–Crippen MR) is 89.3 cm³/mol. The van der Waals surface area contributed by atoms with Crippen molar-refractivity contribution in [2.45, 2.75) is 32.5 Å². The van der Waals surface area contributed by atoms with E-state index in [9.17, 15) is 18.0 Å². The van der Waals surface area contributed by atoms with Gasteiger partial charge in [-0.3, -0.25) is 0 Å². The topological polar surface area (TPSA) is 44.8 Å². The van der Waals surface area contributed by atoms with Crippen molar-refractivity contribution in [1.82, 2.24) is 0 Å². The number of hydrogen-bond acceptors (Lipinski definition) is 4. The summed E-state index contributed by atoms with van der Waals surface area (Å²) >= 11 is 0. The van der Waals surface area contributed by atoms with Gasteiger partial charge in [-0.15, -0.1) is 0 Å². The molecule has 26 heavy (non-hydrogen) atoms. The van der Waals surface area contributed by atoms with Gasteiger partial charge in [0.05, 0.1) is 12.2 Å². The largest absolute Gasteiger partial charge is 0.476 e. The Labute approximate surface area is 149 Å². The third-order valence-corrected chi connectivity index (χ3v) is 3.38. The minimum Gasteiger partial charge on any atom is -0.476 e. The Balaban J connectivity index is 2.02. The summed E-state index contributed by atoms with van der Waals surface area (Å²) in [7, 11) is 0. The molecule has 0 saturated carbocycles. The average molecular weight is 368 g/mol. The van der Waals surface area contributed by atoms with E-state index in [1.54, 1.807) is 45.0 Å². The lowest BCUT2D eigenvalue weighted by molar-refractivity contribution is -0.158. The highest BCUT2D eigenvalue weighted by Gasteiger charge is 2.31. The standard InChI is InChI=1S/C19H19F3O4/c1-4-24-17(23)18(2,3)26-16-11-9-15(10-12-16)25-14-7-5-13(6-8-14)19(20,21)22/h5-12H,4H2,1-3H3. The molecular weight excluding hydrogens is 349 g/mol. The lowest BCUT2D eigenvalue weighted by Crippen LogP contribution is -2.39. The summed E-state index contributed by atoms with van der Waals surface area (Å²) in [6.07, 6.45) is -4.39. The predicted octanol–water partition coefficient (Wildman–Crippen LogP) is 5.22. The summed E-state index contributed by atoms with van der Waals surface area (Å²) in [5.74, 6) is 0.650. The number of ether oxygens (including phenoxy) is 3. The van der Waals surface area contributed by atoms with Crippen LogP contribution in [0.1, 0.15) is 26.3 Å². The Morgan fingerprint density at radius 3 is 1.81 bits per heavy atom. The molecule has 0 aliphatic heterocycles. The van der Waals surface area contributed by atoms with Crippen LogP contribution in [-0.2, 0) is 15.7 Å². The van der Waals surface area contributed by atoms with E-state index >= 15 is 0 Å². The molecule has 7 heteroatoms. The molecule has 140 valence electrons. The van der Waals surface area contributed by atoms with E-state index in [1.165, 1.54) is 12.1 Å². The molecule has 2 aromatic carbocycles. The maximum Gasteiger partial charge on any atom is 0.416 e. The lowest BCUT2D eigenvalue weighted by Gasteiger charge is -2.24. The van der Waals surface area contributed by atoms with Crippen LogP contribution >= 0.6 is 0 Å². The molecule has 0 fully saturated rings. The van der Waals surface area contributed by atoms with Crippen LogP contribution in [0.4, 0.5) is 13.2 Å². The Hall–Kier alpha value is -2.70. The molecule has 0 atom stereocenters. The van der Waals surface area contributed by atoms with Crippen molar-refractivity contribution in [2.24, 2.45) is 0 Å². The SMILES string of the molecule is CCOC(=O)C(C)(C)Oc1ccc(Oc2ccc(C(F)(F)F)cc2)cc1. The zero-order valence-corrected chi connectivity index (χ0v) is 14.6. The number of esters is 1. The highest BCUT2D eigenvalue weighted by atomic mass is 19.4. The minimum absolute atomic E-state index is 0.255. The Kier molecular flexibility index (Phi) is 5.79. The fraction of sp³-hybridized carbons (Fsp3) is 0.316. The Bertz CT molecular complexity index is 735. The number of hydrogen-bond donors (Lipinski definition) is 0. The van der Waals surface area contributed by atoms with E-state index in [1.807, 2.05) is 0 Å². The maximum atomic E-state index is 12.5. The molecule has 0 amide bonds. The second-order valence-corrected chi connectivity index (χ2v) is 5.93. The van der Waals surface area contributed by atoms with Gasteiger partial charge in [-0.1, -0.05) is 0 Å². The van der Waals surface area contributed by atoms with E-state index in [0.717, 1.165) is 12.1 Å². The number of rotatable bonds is 6. The van der Waals surface area contributed by atoms with E-state index in [0.29, 0.717) is 11.5 Å². The molecular formula is C19H19F3O4. The summed E-state index contributed by atoms with van der Waals surface area (Å²) < 4.78 is 53.7.